The van der Waals surface area contributed by atoms with Crippen molar-refractivity contribution in [3.63, 3.8) is 0 Å². The van der Waals surface area contributed by atoms with E-state index >= 15 is 0 Å². The molecule has 2 aromatic carbocycles. The number of aromatic nitrogens is 4. The maximum absolute atomic E-state index is 12.1. The molecule has 0 unspecified atom stereocenters. The van der Waals surface area contributed by atoms with Crippen LogP contribution in [0.3, 0.4) is 0 Å². The van der Waals surface area contributed by atoms with Gasteiger partial charge in [-0.2, -0.15) is 5.10 Å². The summed E-state index contributed by atoms with van der Waals surface area (Å²) in [6.45, 7) is 5.15. The molecule has 0 bridgehead atoms. The Balaban J connectivity index is 1.54. The zero-order valence-electron chi connectivity index (χ0n) is 23.4. The molecule has 0 saturated carbocycles. The Kier molecular flexibility index (Phi) is 7.21. The summed E-state index contributed by atoms with van der Waals surface area (Å²) in [4.78, 5) is 23.9. The normalized spacial score (nSPS) is 11.5. The van der Waals surface area contributed by atoms with Crippen LogP contribution in [0, 0.1) is 0 Å². The van der Waals surface area contributed by atoms with Gasteiger partial charge in [0.05, 0.1) is 0 Å². The fourth-order valence-electron chi connectivity index (χ4n) is 4.59. The number of benzene rings is 2. The number of hydrogen-bond donors (Lipinski definition) is 2. The molecule has 3 heterocycles. The SMILES string of the molecule is CC(C)n1cc(-c2ccnc3[nH]c(-c4ccc(CN(C)C)cc4)cc23)c(-c2ccc(NC(=O)N(C)C)cc2)n1. The first-order valence-corrected chi connectivity index (χ1v) is 13.1. The second-order valence-electron chi connectivity index (χ2n) is 10.6. The first-order chi connectivity index (χ1) is 18.7. The molecule has 0 aliphatic carbocycles. The Labute approximate surface area is 229 Å². The van der Waals surface area contributed by atoms with Gasteiger partial charge in [0.25, 0.3) is 0 Å². The van der Waals surface area contributed by atoms with Crippen LogP contribution in [-0.2, 0) is 6.54 Å². The molecule has 0 spiro atoms. The molecule has 3 aromatic heterocycles. The van der Waals surface area contributed by atoms with Crippen molar-refractivity contribution in [1.29, 1.82) is 0 Å². The number of anilines is 1. The molecule has 5 aromatic rings. The highest BCUT2D eigenvalue weighted by Crippen LogP contribution is 2.37. The second-order valence-corrected chi connectivity index (χ2v) is 10.6. The van der Waals surface area contributed by atoms with Gasteiger partial charge in [-0.3, -0.25) is 4.68 Å². The van der Waals surface area contributed by atoms with Gasteiger partial charge >= 0.3 is 6.03 Å². The Hall–Kier alpha value is -4.43. The molecule has 0 atom stereocenters. The molecular formula is C31H35N7O. The Morgan fingerprint density at radius 2 is 1.64 bits per heavy atom. The first kappa shape index (κ1) is 26.2. The van der Waals surface area contributed by atoms with Crippen LogP contribution in [0.4, 0.5) is 10.5 Å². The van der Waals surface area contributed by atoms with E-state index in [4.69, 9.17) is 5.10 Å². The van der Waals surface area contributed by atoms with Crippen molar-refractivity contribution in [2.24, 2.45) is 0 Å². The topological polar surface area (TPSA) is 82.1 Å². The molecule has 5 rings (SSSR count). The number of nitrogens with zero attached hydrogens (tertiary/aromatic N) is 5. The fourth-order valence-corrected chi connectivity index (χ4v) is 4.59. The molecule has 2 amide bonds. The maximum atomic E-state index is 12.1. The van der Waals surface area contributed by atoms with Gasteiger partial charge in [0.2, 0.25) is 0 Å². The molecule has 0 saturated heterocycles. The number of rotatable bonds is 7. The standard InChI is InChI=1S/C31H35N7O/c1-20(2)38-19-27(29(35-38)23-11-13-24(14-12-23)33-31(39)37(5)6)25-15-16-32-30-26(25)17-28(34-30)22-9-7-21(8-10-22)18-36(3)4/h7-17,19-20H,18H2,1-6H3,(H,32,34)(H,33,39). The first-order valence-electron chi connectivity index (χ1n) is 13.1. The minimum atomic E-state index is -0.165. The predicted molar refractivity (Wildman–Crippen MR) is 159 cm³/mol. The quantitative estimate of drug-likeness (QED) is 0.256. The molecule has 200 valence electrons. The average molecular weight is 522 g/mol. The van der Waals surface area contributed by atoms with E-state index < -0.39 is 0 Å². The lowest BCUT2D eigenvalue weighted by Crippen LogP contribution is -2.27. The number of nitrogens with one attached hydrogen (secondary N) is 2. The average Bonchev–Trinajstić information content (AvgIpc) is 3.54. The van der Waals surface area contributed by atoms with Crippen LogP contribution >= 0.6 is 0 Å². The highest BCUT2D eigenvalue weighted by atomic mass is 16.2. The monoisotopic (exact) mass is 521 g/mol. The summed E-state index contributed by atoms with van der Waals surface area (Å²) in [6, 6.07) is 20.7. The number of urea groups is 1. The van der Waals surface area contributed by atoms with Crippen molar-refractivity contribution in [1.82, 2.24) is 29.5 Å². The third kappa shape index (κ3) is 5.56. The zero-order valence-corrected chi connectivity index (χ0v) is 23.4. The van der Waals surface area contributed by atoms with Crippen molar-refractivity contribution in [3.8, 4) is 33.6 Å². The van der Waals surface area contributed by atoms with E-state index in [9.17, 15) is 4.79 Å². The Bertz CT molecular complexity index is 1590. The van der Waals surface area contributed by atoms with Gasteiger partial charge in [0.15, 0.2) is 0 Å². The van der Waals surface area contributed by atoms with Gasteiger partial charge in [-0.1, -0.05) is 36.4 Å². The number of amides is 2. The zero-order chi connectivity index (χ0) is 27.7. The van der Waals surface area contributed by atoms with Gasteiger partial charge < -0.3 is 20.1 Å². The molecule has 8 heteroatoms. The van der Waals surface area contributed by atoms with Gasteiger partial charge in [0.1, 0.15) is 11.3 Å². The van der Waals surface area contributed by atoms with Crippen LogP contribution in [0.15, 0.2) is 73.1 Å². The van der Waals surface area contributed by atoms with Gasteiger partial charge in [-0.05, 0) is 68.9 Å². The summed E-state index contributed by atoms with van der Waals surface area (Å²) in [5, 5.41) is 8.90. The molecule has 0 aliphatic heterocycles. The number of fused-ring (bicyclic) bond motifs is 1. The van der Waals surface area contributed by atoms with Crippen LogP contribution in [0.2, 0.25) is 0 Å². The Morgan fingerprint density at radius 3 is 2.28 bits per heavy atom. The highest BCUT2D eigenvalue weighted by Gasteiger charge is 2.18. The number of hydrogen-bond acceptors (Lipinski definition) is 4. The summed E-state index contributed by atoms with van der Waals surface area (Å²) in [6.07, 6.45) is 3.95. The van der Waals surface area contributed by atoms with Crippen LogP contribution in [0.25, 0.3) is 44.7 Å². The predicted octanol–water partition coefficient (Wildman–Crippen LogP) is 6.50. The van der Waals surface area contributed by atoms with Gasteiger partial charge in [-0.25, -0.2) is 9.78 Å². The molecule has 0 aliphatic rings. The smallest absolute Gasteiger partial charge is 0.321 e. The van der Waals surface area contributed by atoms with Crippen molar-refractivity contribution in [3.05, 3.63) is 78.6 Å². The van der Waals surface area contributed by atoms with Crippen molar-refractivity contribution in [2.75, 3.05) is 33.5 Å². The van der Waals surface area contributed by atoms with Crippen molar-refractivity contribution >= 4 is 22.8 Å². The van der Waals surface area contributed by atoms with Crippen LogP contribution in [0.1, 0.15) is 25.5 Å². The molecule has 0 fully saturated rings. The molecule has 8 nitrogen and oxygen atoms in total. The summed E-state index contributed by atoms with van der Waals surface area (Å²) in [5.41, 5.74) is 8.96. The molecular weight excluding hydrogens is 486 g/mol. The fraction of sp³-hybridized carbons (Fsp3) is 0.258. The Morgan fingerprint density at radius 1 is 0.949 bits per heavy atom. The highest BCUT2D eigenvalue weighted by molar-refractivity contribution is 5.99. The molecule has 0 radical (unpaired) electrons. The number of carbonyl (C=O) groups is 1. The number of carbonyl (C=O) groups excluding carboxylic acids is 1. The number of aromatic amines is 1. The maximum Gasteiger partial charge on any atom is 0.321 e. The lowest BCUT2D eigenvalue weighted by atomic mass is 10.00. The lowest BCUT2D eigenvalue weighted by Gasteiger charge is -2.12. The summed E-state index contributed by atoms with van der Waals surface area (Å²) in [7, 11) is 7.59. The van der Waals surface area contributed by atoms with E-state index in [2.05, 4.69) is 90.7 Å². The number of pyridine rings is 1. The lowest BCUT2D eigenvalue weighted by molar-refractivity contribution is 0.230. The minimum absolute atomic E-state index is 0.165. The molecule has 2 N–H and O–H groups in total. The largest absolute Gasteiger partial charge is 0.339 e. The summed E-state index contributed by atoms with van der Waals surface area (Å²) < 4.78 is 2.00. The third-order valence-corrected chi connectivity index (χ3v) is 6.66. The van der Waals surface area contributed by atoms with Crippen molar-refractivity contribution in [2.45, 2.75) is 26.4 Å². The molecule has 39 heavy (non-hydrogen) atoms. The second kappa shape index (κ2) is 10.7. The van der Waals surface area contributed by atoms with E-state index in [1.807, 2.05) is 35.1 Å². The van der Waals surface area contributed by atoms with Gasteiger partial charge in [0, 0.05) is 67.0 Å². The number of H-pyrrole nitrogens is 1. The van der Waals surface area contributed by atoms with E-state index in [0.29, 0.717) is 0 Å². The van der Waals surface area contributed by atoms with E-state index in [0.717, 1.165) is 56.9 Å². The summed E-state index contributed by atoms with van der Waals surface area (Å²) in [5.74, 6) is 0. The minimum Gasteiger partial charge on any atom is -0.339 e. The van der Waals surface area contributed by atoms with Gasteiger partial charge in [-0.15, -0.1) is 0 Å². The van der Waals surface area contributed by atoms with E-state index in [1.165, 1.54) is 10.5 Å². The summed E-state index contributed by atoms with van der Waals surface area (Å²) >= 11 is 0. The van der Waals surface area contributed by atoms with Crippen LogP contribution < -0.4 is 5.32 Å². The van der Waals surface area contributed by atoms with E-state index in [1.54, 1.807) is 14.1 Å². The third-order valence-electron chi connectivity index (χ3n) is 6.66. The van der Waals surface area contributed by atoms with Crippen LogP contribution in [0.5, 0.6) is 0 Å². The van der Waals surface area contributed by atoms with E-state index in [-0.39, 0.29) is 12.1 Å². The van der Waals surface area contributed by atoms with Crippen LogP contribution in [-0.4, -0.2) is 63.8 Å². The van der Waals surface area contributed by atoms with Crippen molar-refractivity contribution < 1.29 is 4.79 Å².